The van der Waals surface area contributed by atoms with E-state index in [1.807, 2.05) is 19.9 Å². The van der Waals surface area contributed by atoms with Gasteiger partial charge in [0.25, 0.3) is 0 Å². The lowest BCUT2D eigenvalue weighted by molar-refractivity contribution is -0.122. The minimum absolute atomic E-state index is 0.0567. The number of primary amides is 1. The van der Waals surface area contributed by atoms with Gasteiger partial charge in [-0.3, -0.25) is 4.79 Å². The van der Waals surface area contributed by atoms with Crippen LogP contribution in [0.5, 0.6) is 0 Å². The molecule has 19 heavy (non-hydrogen) atoms. The molecule has 104 valence electrons. The number of rotatable bonds is 3. The fourth-order valence-electron chi connectivity index (χ4n) is 2.78. The van der Waals surface area contributed by atoms with Gasteiger partial charge in [0.15, 0.2) is 0 Å². The van der Waals surface area contributed by atoms with E-state index in [0.29, 0.717) is 5.95 Å². The van der Waals surface area contributed by atoms with E-state index in [4.69, 9.17) is 5.73 Å². The van der Waals surface area contributed by atoms with Crippen LogP contribution in [-0.2, 0) is 4.79 Å². The van der Waals surface area contributed by atoms with Crippen LogP contribution in [0.2, 0.25) is 0 Å². The summed E-state index contributed by atoms with van der Waals surface area (Å²) in [4.78, 5) is 20.3. The number of aromatic nitrogens is 2. The van der Waals surface area contributed by atoms with Crippen LogP contribution in [0.25, 0.3) is 0 Å². The minimum Gasteiger partial charge on any atom is -0.369 e. The van der Waals surface area contributed by atoms with Crippen molar-refractivity contribution in [3.05, 3.63) is 17.5 Å². The average molecular weight is 262 g/mol. The molecule has 1 heterocycles. The molecule has 2 rings (SSSR count). The van der Waals surface area contributed by atoms with Gasteiger partial charge < -0.3 is 11.1 Å². The zero-order valence-electron chi connectivity index (χ0n) is 11.6. The lowest BCUT2D eigenvalue weighted by atomic mass is 9.94. The van der Waals surface area contributed by atoms with E-state index in [1.165, 1.54) is 0 Å². The first-order valence-corrected chi connectivity index (χ1v) is 6.94. The quantitative estimate of drug-likeness (QED) is 0.816. The second kappa shape index (κ2) is 5.99. The molecule has 1 saturated carbocycles. The SMILES string of the molecule is Cc1cc(C)nc(N[C@@H]2CCCCC[C@@H]2C(N)=O)n1. The number of aryl methyl sites for hydroxylation is 2. The molecule has 5 nitrogen and oxygen atoms in total. The average Bonchev–Trinajstić information content (AvgIpc) is 2.53. The standard InChI is InChI=1S/C14H22N4O/c1-9-8-10(2)17-14(16-9)18-12-7-5-3-4-6-11(12)13(15)19/h8,11-12H,3-7H2,1-2H3,(H2,15,19)(H,16,17,18)/t11-,12+/m0/s1. The van der Waals surface area contributed by atoms with Crippen molar-refractivity contribution in [2.45, 2.75) is 52.0 Å². The summed E-state index contributed by atoms with van der Waals surface area (Å²) in [6.07, 6.45) is 5.16. The summed E-state index contributed by atoms with van der Waals surface area (Å²) in [5.41, 5.74) is 7.38. The number of nitrogens with zero attached hydrogens (tertiary/aromatic N) is 2. The third-order valence-electron chi connectivity index (χ3n) is 3.68. The first kappa shape index (κ1) is 13.8. The monoisotopic (exact) mass is 262 g/mol. The molecule has 1 aliphatic carbocycles. The fourth-order valence-corrected chi connectivity index (χ4v) is 2.78. The predicted molar refractivity (Wildman–Crippen MR) is 74.7 cm³/mol. The molecular formula is C14H22N4O. The van der Waals surface area contributed by atoms with Gasteiger partial charge in [-0.15, -0.1) is 0 Å². The van der Waals surface area contributed by atoms with Gasteiger partial charge in [-0.2, -0.15) is 0 Å². The smallest absolute Gasteiger partial charge is 0.223 e. The van der Waals surface area contributed by atoms with Crippen LogP contribution in [0.4, 0.5) is 5.95 Å². The van der Waals surface area contributed by atoms with Crippen molar-refractivity contribution in [1.82, 2.24) is 9.97 Å². The van der Waals surface area contributed by atoms with Crippen LogP contribution in [0, 0.1) is 19.8 Å². The van der Waals surface area contributed by atoms with Crippen LogP contribution in [0.15, 0.2) is 6.07 Å². The first-order valence-electron chi connectivity index (χ1n) is 6.94. The maximum atomic E-state index is 11.6. The molecule has 0 radical (unpaired) electrons. The number of hydrogen-bond acceptors (Lipinski definition) is 4. The number of nitrogens with one attached hydrogen (secondary N) is 1. The Balaban J connectivity index is 2.15. The van der Waals surface area contributed by atoms with E-state index in [-0.39, 0.29) is 17.9 Å². The Morgan fingerprint density at radius 1 is 1.21 bits per heavy atom. The van der Waals surface area contributed by atoms with Gasteiger partial charge in [-0.25, -0.2) is 9.97 Å². The summed E-state index contributed by atoms with van der Waals surface area (Å²) in [6.45, 7) is 3.89. The van der Waals surface area contributed by atoms with Crippen LogP contribution in [0.3, 0.4) is 0 Å². The van der Waals surface area contributed by atoms with Crippen molar-refractivity contribution in [3.8, 4) is 0 Å². The Labute approximate surface area is 114 Å². The molecule has 1 aliphatic rings. The maximum Gasteiger partial charge on any atom is 0.223 e. The van der Waals surface area contributed by atoms with Crippen molar-refractivity contribution in [2.24, 2.45) is 11.7 Å². The van der Waals surface area contributed by atoms with Gasteiger partial charge in [0, 0.05) is 17.4 Å². The number of carbonyl (C=O) groups excluding carboxylic acids is 1. The Morgan fingerprint density at radius 3 is 2.47 bits per heavy atom. The molecule has 1 fully saturated rings. The van der Waals surface area contributed by atoms with E-state index >= 15 is 0 Å². The summed E-state index contributed by atoms with van der Waals surface area (Å²) < 4.78 is 0. The zero-order valence-corrected chi connectivity index (χ0v) is 11.6. The van der Waals surface area contributed by atoms with Gasteiger partial charge in [-0.1, -0.05) is 19.3 Å². The second-order valence-electron chi connectivity index (χ2n) is 5.37. The lowest BCUT2D eigenvalue weighted by Crippen LogP contribution is -2.38. The third kappa shape index (κ3) is 3.66. The summed E-state index contributed by atoms with van der Waals surface area (Å²) in [7, 11) is 0. The molecule has 1 amide bonds. The summed E-state index contributed by atoms with van der Waals surface area (Å²) in [6, 6.07) is 1.99. The topological polar surface area (TPSA) is 80.9 Å². The van der Waals surface area contributed by atoms with Gasteiger partial charge in [-0.05, 0) is 32.8 Å². The number of hydrogen-bond donors (Lipinski definition) is 2. The highest BCUT2D eigenvalue weighted by Gasteiger charge is 2.28. The van der Waals surface area contributed by atoms with Crippen molar-refractivity contribution in [3.63, 3.8) is 0 Å². The van der Waals surface area contributed by atoms with Crippen LogP contribution < -0.4 is 11.1 Å². The largest absolute Gasteiger partial charge is 0.369 e. The number of anilines is 1. The van der Waals surface area contributed by atoms with Gasteiger partial charge >= 0.3 is 0 Å². The Hall–Kier alpha value is -1.65. The van der Waals surface area contributed by atoms with Crippen LogP contribution in [0.1, 0.15) is 43.5 Å². The predicted octanol–water partition coefficient (Wildman–Crippen LogP) is 1.94. The van der Waals surface area contributed by atoms with E-state index in [2.05, 4.69) is 15.3 Å². The molecule has 1 aromatic heterocycles. The van der Waals surface area contributed by atoms with Crippen molar-refractivity contribution in [1.29, 1.82) is 0 Å². The summed E-state index contributed by atoms with van der Waals surface area (Å²) in [5, 5.41) is 3.31. The van der Waals surface area contributed by atoms with E-state index in [1.54, 1.807) is 0 Å². The van der Waals surface area contributed by atoms with Gasteiger partial charge in [0.05, 0.1) is 5.92 Å². The normalized spacial score (nSPS) is 23.7. The molecule has 1 aromatic rings. The molecule has 3 N–H and O–H groups in total. The van der Waals surface area contributed by atoms with E-state index in [9.17, 15) is 4.79 Å². The fraction of sp³-hybridized carbons (Fsp3) is 0.643. The third-order valence-corrected chi connectivity index (χ3v) is 3.68. The van der Waals surface area contributed by atoms with E-state index in [0.717, 1.165) is 43.5 Å². The van der Waals surface area contributed by atoms with Crippen molar-refractivity contribution in [2.75, 3.05) is 5.32 Å². The van der Waals surface area contributed by atoms with Crippen LogP contribution >= 0.6 is 0 Å². The molecular weight excluding hydrogens is 240 g/mol. The van der Waals surface area contributed by atoms with E-state index < -0.39 is 0 Å². The van der Waals surface area contributed by atoms with Gasteiger partial charge in [0.1, 0.15) is 0 Å². The minimum atomic E-state index is -0.219. The Kier molecular flexibility index (Phi) is 4.35. The number of carbonyl (C=O) groups is 1. The summed E-state index contributed by atoms with van der Waals surface area (Å²) in [5.74, 6) is 0.270. The second-order valence-corrected chi connectivity index (χ2v) is 5.37. The Morgan fingerprint density at radius 2 is 1.84 bits per heavy atom. The molecule has 0 spiro atoms. The molecule has 0 aliphatic heterocycles. The van der Waals surface area contributed by atoms with Gasteiger partial charge in [0.2, 0.25) is 11.9 Å². The molecule has 0 saturated heterocycles. The lowest BCUT2D eigenvalue weighted by Gasteiger charge is -2.23. The molecule has 0 aromatic carbocycles. The number of amides is 1. The highest BCUT2D eigenvalue weighted by Crippen LogP contribution is 2.25. The number of nitrogens with two attached hydrogens (primary N) is 1. The first-order chi connectivity index (χ1) is 9.06. The highest BCUT2D eigenvalue weighted by molar-refractivity contribution is 5.77. The molecule has 0 bridgehead atoms. The summed E-state index contributed by atoms with van der Waals surface area (Å²) >= 11 is 0. The maximum absolute atomic E-state index is 11.6. The van der Waals surface area contributed by atoms with Crippen molar-refractivity contribution >= 4 is 11.9 Å². The molecule has 5 heteroatoms. The zero-order chi connectivity index (χ0) is 13.8. The molecule has 0 unspecified atom stereocenters. The highest BCUT2D eigenvalue weighted by atomic mass is 16.1. The van der Waals surface area contributed by atoms with Crippen molar-refractivity contribution < 1.29 is 4.79 Å². The Bertz CT molecular complexity index is 441. The van der Waals surface area contributed by atoms with Crippen LogP contribution in [-0.4, -0.2) is 21.9 Å². The molecule has 2 atom stereocenters.